The van der Waals surface area contributed by atoms with Crippen molar-refractivity contribution < 1.29 is 9.53 Å². The third-order valence-electron chi connectivity index (χ3n) is 3.37. The van der Waals surface area contributed by atoms with Crippen LogP contribution in [0, 0.1) is 0 Å². The molecule has 0 spiro atoms. The smallest absolute Gasteiger partial charge is 0.242 e. The van der Waals surface area contributed by atoms with Gasteiger partial charge < -0.3 is 15.8 Å². The molecule has 0 bridgehead atoms. The Balaban J connectivity index is 1.73. The average Bonchev–Trinajstić information content (AvgIpc) is 2.87. The van der Waals surface area contributed by atoms with Crippen molar-refractivity contribution in [2.45, 2.75) is 44.7 Å². The Morgan fingerprint density at radius 3 is 3.00 bits per heavy atom. The van der Waals surface area contributed by atoms with Crippen LogP contribution < -0.4 is 11.1 Å². The summed E-state index contributed by atoms with van der Waals surface area (Å²) in [6.45, 7) is 2.36. The number of nitrogens with one attached hydrogen (secondary N) is 1. The number of amides is 1. The Morgan fingerprint density at radius 2 is 2.25 bits per heavy atom. The molecule has 1 aromatic rings. The van der Waals surface area contributed by atoms with Crippen molar-refractivity contribution in [1.29, 1.82) is 0 Å². The van der Waals surface area contributed by atoms with Crippen LogP contribution in [0.1, 0.15) is 31.4 Å². The number of carbonyl (C=O) groups is 1. The molecule has 2 rings (SSSR count). The lowest BCUT2D eigenvalue weighted by molar-refractivity contribution is -0.123. The van der Waals surface area contributed by atoms with Crippen molar-refractivity contribution in [3.8, 4) is 0 Å². The molecule has 20 heavy (non-hydrogen) atoms. The summed E-state index contributed by atoms with van der Waals surface area (Å²) in [6.07, 6.45) is 6.44. The molecule has 1 aromatic heterocycles. The van der Waals surface area contributed by atoms with Crippen LogP contribution in [-0.2, 0) is 22.5 Å². The minimum absolute atomic E-state index is 0.0182. The van der Waals surface area contributed by atoms with Crippen molar-refractivity contribution in [3.05, 3.63) is 11.9 Å². The highest BCUT2D eigenvalue weighted by molar-refractivity contribution is 5.75. The predicted octanol–water partition coefficient (Wildman–Crippen LogP) is -0.145. The summed E-state index contributed by atoms with van der Waals surface area (Å²) in [6, 6.07) is 0.226. The van der Waals surface area contributed by atoms with E-state index in [0.717, 1.165) is 51.0 Å². The van der Waals surface area contributed by atoms with Crippen LogP contribution in [0.4, 0.5) is 0 Å². The average molecular weight is 281 g/mol. The molecule has 1 aliphatic rings. The van der Waals surface area contributed by atoms with Gasteiger partial charge in [-0.1, -0.05) is 5.21 Å². The molecule has 7 heteroatoms. The van der Waals surface area contributed by atoms with Gasteiger partial charge in [0.2, 0.25) is 5.91 Å². The number of hydrogen-bond acceptors (Lipinski definition) is 5. The van der Waals surface area contributed by atoms with E-state index in [4.69, 9.17) is 10.5 Å². The van der Waals surface area contributed by atoms with Crippen molar-refractivity contribution in [1.82, 2.24) is 20.3 Å². The summed E-state index contributed by atoms with van der Waals surface area (Å²) in [5, 5.41) is 11.0. The minimum Gasteiger partial charge on any atom is -0.381 e. The van der Waals surface area contributed by atoms with Crippen LogP contribution in [0.25, 0.3) is 0 Å². The van der Waals surface area contributed by atoms with E-state index in [1.807, 2.05) is 6.20 Å². The molecule has 1 aliphatic heterocycles. The molecular formula is C13H23N5O2. The molecule has 112 valence electrons. The van der Waals surface area contributed by atoms with Gasteiger partial charge in [0.1, 0.15) is 6.54 Å². The fourth-order valence-corrected chi connectivity index (χ4v) is 2.24. The van der Waals surface area contributed by atoms with E-state index in [-0.39, 0.29) is 18.5 Å². The number of aryl methyl sites for hydroxylation is 1. The lowest BCUT2D eigenvalue weighted by Gasteiger charge is -2.22. The van der Waals surface area contributed by atoms with Crippen molar-refractivity contribution in [2.24, 2.45) is 5.73 Å². The van der Waals surface area contributed by atoms with Crippen LogP contribution in [-0.4, -0.2) is 46.7 Å². The molecule has 0 aliphatic carbocycles. The monoisotopic (exact) mass is 281 g/mol. The Bertz CT molecular complexity index is 415. The van der Waals surface area contributed by atoms with E-state index in [9.17, 15) is 4.79 Å². The standard InChI is InChI=1S/C13H23N5O2/c14-6-2-1-3-12-9-18(17-16-12)10-13(19)15-11-4-7-20-8-5-11/h9,11H,1-8,10,14H2,(H,15,19). The second-order valence-corrected chi connectivity index (χ2v) is 5.11. The normalized spacial score (nSPS) is 16.2. The zero-order valence-corrected chi connectivity index (χ0v) is 11.8. The molecule has 0 unspecified atom stereocenters. The van der Waals surface area contributed by atoms with E-state index < -0.39 is 0 Å². The predicted molar refractivity (Wildman–Crippen MR) is 74.0 cm³/mol. The molecule has 1 amide bonds. The summed E-state index contributed by atoms with van der Waals surface area (Å²) in [7, 11) is 0. The highest BCUT2D eigenvalue weighted by Gasteiger charge is 2.16. The van der Waals surface area contributed by atoms with Gasteiger partial charge in [0.15, 0.2) is 0 Å². The summed E-state index contributed by atoms with van der Waals surface area (Å²) in [4.78, 5) is 11.9. The third kappa shape index (κ3) is 4.90. The second kappa shape index (κ2) is 7.96. The molecule has 7 nitrogen and oxygen atoms in total. The minimum atomic E-state index is -0.0182. The number of aromatic nitrogens is 3. The Morgan fingerprint density at radius 1 is 1.45 bits per heavy atom. The molecule has 0 aromatic carbocycles. The lowest BCUT2D eigenvalue weighted by Crippen LogP contribution is -2.40. The van der Waals surface area contributed by atoms with Crippen molar-refractivity contribution in [2.75, 3.05) is 19.8 Å². The first-order chi connectivity index (χ1) is 9.78. The number of hydrogen-bond donors (Lipinski definition) is 2. The van der Waals surface area contributed by atoms with Crippen LogP contribution >= 0.6 is 0 Å². The molecule has 2 heterocycles. The molecule has 0 radical (unpaired) electrons. The Kier molecular flexibility index (Phi) is 5.94. The van der Waals surface area contributed by atoms with Gasteiger partial charge in [-0.2, -0.15) is 0 Å². The number of nitrogens with zero attached hydrogens (tertiary/aromatic N) is 3. The molecule has 3 N–H and O–H groups in total. The maximum atomic E-state index is 11.9. The van der Waals surface area contributed by atoms with Crippen LogP contribution in [0.2, 0.25) is 0 Å². The van der Waals surface area contributed by atoms with E-state index in [1.165, 1.54) is 0 Å². The molecule has 0 saturated carbocycles. The summed E-state index contributed by atoms with van der Waals surface area (Å²) in [5.41, 5.74) is 6.36. The first kappa shape index (κ1) is 14.9. The highest BCUT2D eigenvalue weighted by Crippen LogP contribution is 2.06. The zero-order chi connectivity index (χ0) is 14.2. The van der Waals surface area contributed by atoms with Crippen LogP contribution in [0.5, 0.6) is 0 Å². The highest BCUT2D eigenvalue weighted by atomic mass is 16.5. The molecular weight excluding hydrogens is 258 g/mol. The van der Waals surface area contributed by atoms with E-state index in [1.54, 1.807) is 4.68 Å². The van der Waals surface area contributed by atoms with Crippen LogP contribution in [0.15, 0.2) is 6.20 Å². The van der Waals surface area contributed by atoms with Gasteiger partial charge in [-0.25, -0.2) is 4.68 Å². The Hall–Kier alpha value is -1.47. The maximum absolute atomic E-state index is 11.9. The second-order valence-electron chi connectivity index (χ2n) is 5.11. The van der Waals surface area contributed by atoms with E-state index in [2.05, 4.69) is 15.6 Å². The van der Waals surface area contributed by atoms with Gasteiger partial charge in [0.05, 0.1) is 5.69 Å². The van der Waals surface area contributed by atoms with Gasteiger partial charge in [-0.3, -0.25) is 4.79 Å². The molecule has 1 fully saturated rings. The first-order valence-corrected chi connectivity index (χ1v) is 7.24. The quantitative estimate of drug-likeness (QED) is 0.678. The maximum Gasteiger partial charge on any atom is 0.242 e. The van der Waals surface area contributed by atoms with Gasteiger partial charge in [-0.05, 0) is 38.6 Å². The number of nitrogens with two attached hydrogens (primary N) is 1. The first-order valence-electron chi connectivity index (χ1n) is 7.24. The topological polar surface area (TPSA) is 95.1 Å². The summed E-state index contributed by atoms with van der Waals surface area (Å²) < 4.78 is 6.85. The fraction of sp³-hybridized carbons (Fsp3) is 0.769. The van der Waals surface area contributed by atoms with Gasteiger partial charge in [-0.15, -0.1) is 5.10 Å². The van der Waals surface area contributed by atoms with Gasteiger partial charge in [0.25, 0.3) is 0 Å². The molecule has 1 saturated heterocycles. The summed E-state index contributed by atoms with van der Waals surface area (Å²) in [5.74, 6) is -0.0182. The molecule has 0 atom stereocenters. The van der Waals surface area contributed by atoms with Crippen LogP contribution in [0.3, 0.4) is 0 Å². The van der Waals surface area contributed by atoms with Crippen molar-refractivity contribution in [3.63, 3.8) is 0 Å². The van der Waals surface area contributed by atoms with E-state index >= 15 is 0 Å². The van der Waals surface area contributed by atoms with Crippen molar-refractivity contribution >= 4 is 5.91 Å². The number of carbonyl (C=O) groups excluding carboxylic acids is 1. The Labute approximate surface area is 118 Å². The zero-order valence-electron chi connectivity index (χ0n) is 11.8. The van der Waals surface area contributed by atoms with E-state index in [0.29, 0.717) is 6.54 Å². The number of rotatable bonds is 7. The largest absolute Gasteiger partial charge is 0.381 e. The lowest BCUT2D eigenvalue weighted by atomic mass is 10.1. The number of ether oxygens (including phenoxy) is 1. The third-order valence-corrected chi connectivity index (χ3v) is 3.37. The number of unbranched alkanes of at least 4 members (excludes halogenated alkanes) is 1. The SMILES string of the molecule is NCCCCc1cn(CC(=O)NC2CCOCC2)nn1. The van der Waals surface area contributed by atoms with Gasteiger partial charge in [0, 0.05) is 25.5 Å². The summed E-state index contributed by atoms with van der Waals surface area (Å²) >= 11 is 0. The fourth-order valence-electron chi connectivity index (χ4n) is 2.24. The van der Waals surface area contributed by atoms with Gasteiger partial charge >= 0.3 is 0 Å².